The topological polar surface area (TPSA) is 70.2 Å². The van der Waals surface area contributed by atoms with E-state index in [0.29, 0.717) is 38.5 Å². The smallest absolute Gasteiger partial charge is 0.223 e. The second-order valence-corrected chi connectivity index (χ2v) is 9.45. The van der Waals surface area contributed by atoms with Gasteiger partial charge in [0, 0.05) is 31.7 Å². The van der Waals surface area contributed by atoms with Gasteiger partial charge in [0.1, 0.15) is 12.0 Å². The van der Waals surface area contributed by atoms with Crippen molar-refractivity contribution in [2.45, 2.75) is 57.3 Å². The maximum absolute atomic E-state index is 14.2. The predicted octanol–water partition coefficient (Wildman–Crippen LogP) is 4.76. The van der Waals surface area contributed by atoms with E-state index in [1.165, 1.54) is 5.56 Å². The Labute approximate surface area is 206 Å². The number of halogens is 1. The van der Waals surface area contributed by atoms with Gasteiger partial charge in [0.05, 0.1) is 32.0 Å². The summed E-state index contributed by atoms with van der Waals surface area (Å²) in [7, 11) is 0. The van der Waals surface area contributed by atoms with Crippen LogP contribution < -0.4 is 5.32 Å². The Balaban J connectivity index is 1.33. The number of aromatic nitrogens is 2. The Morgan fingerprint density at radius 3 is 2.54 bits per heavy atom. The van der Waals surface area contributed by atoms with E-state index in [9.17, 15) is 9.18 Å². The van der Waals surface area contributed by atoms with Crippen molar-refractivity contribution in [1.82, 2.24) is 20.2 Å². The molecule has 0 aliphatic carbocycles. The standard InChI is InChI=1S/C28H35FN4O2/c1-20(2)21-8-10-23(11-9-21)28(22-6-4-3-5-7-22)32-19-35-18-25-16-24(29)17-33(25)27(34)13-12-26-30-14-15-31-26/h3-11,14-15,20,24-25,28,32H,12-13,16-19H2,1-2H3,(H,30,31)/t24-,25+,28+/m1/s1. The zero-order chi connectivity index (χ0) is 24.6. The SMILES string of the molecule is CC(C)c1ccc([C@@H](NCOC[C@@H]2C[C@@H](F)CN2C(=O)CCc2ncc[nH]2)c2ccccc2)cc1. The van der Waals surface area contributed by atoms with Crippen LogP contribution in [0.5, 0.6) is 0 Å². The lowest BCUT2D eigenvalue weighted by Crippen LogP contribution is -2.39. The molecule has 1 aliphatic heterocycles. The van der Waals surface area contributed by atoms with Gasteiger partial charge in [-0.3, -0.25) is 10.1 Å². The number of ether oxygens (including phenoxy) is 1. The first-order chi connectivity index (χ1) is 17.0. The highest BCUT2D eigenvalue weighted by Crippen LogP contribution is 2.25. The van der Waals surface area contributed by atoms with E-state index in [1.54, 1.807) is 17.3 Å². The van der Waals surface area contributed by atoms with Crippen molar-refractivity contribution in [3.05, 3.63) is 89.5 Å². The summed E-state index contributed by atoms with van der Waals surface area (Å²) >= 11 is 0. The van der Waals surface area contributed by atoms with Gasteiger partial charge in [-0.1, -0.05) is 68.4 Å². The molecule has 0 spiro atoms. The molecule has 3 aromatic rings. The van der Waals surface area contributed by atoms with Gasteiger partial charge >= 0.3 is 0 Å². The second kappa shape index (κ2) is 12.1. The number of nitrogens with one attached hydrogen (secondary N) is 2. The lowest BCUT2D eigenvalue weighted by molar-refractivity contribution is -0.133. The molecule has 1 aliphatic rings. The molecule has 186 valence electrons. The van der Waals surface area contributed by atoms with Crippen molar-refractivity contribution in [2.75, 3.05) is 19.9 Å². The molecule has 35 heavy (non-hydrogen) atoms. The van der Waals surface area contributed by atoms with Crippen LogP contribution in [0, 0.1) is 0 Å². The number of likely N-dealkylation sites (tertiary alicyclic amines) is 1. The van der Waals surface area contributed by atoms with Gasteiger partial charge in [0.2, 0.25) is 5.91 Å². The first kappa shape index (κ1) is 25.1. The van der Waals surface area contributed by atoms with E-state index in [-0.39, 0.29) is 24.5 Å². The number of hydrogen-bond acceptors (Lipinski definition) is 4. The number of amides is 1. The minimum atomic E-state index is -1.01. The molecule has 2 heterocycles. The number of aromatic amines is 1. The van der Waals surface area contributed by atoms with Gasteiger partial charge in [0.15, 0.2) is 0 Å². The normalized spacial score (nSPS) is 18.8. The average Bonchev–Trinajstić information content (AvgIpc) is 3.53. The van der Waals surface area contributed by atoms with Gasteiger partial charge in [-0.25, -0.2) is 9.37 Å². The summed E-state index contributed by atoms with van der Waals surface area (Å²) in [5.41, 5.74) is 3.60. The number of rotatable bonds is 11. The van der Waals surface area contributed by atoms with E-state index >= 15 is 0 Å². The highest BCUT2D eigenvalue weighted by Gasteiger charge is 2.35. The number of hydrogen-bond donors (Lipinski definition) is 2. The minimum Gasteiger partial charge on any atom is -0.364 e. The van der Waals surface area contributed by atoms with Gasteiger partial charge in [-0.2, -0.15) is 0 Å². The Hall–Kier alpha value is -3.03. The Bertz CT molecular complexity index is 1040. The molecule has 1 amide bonds. The molecule has 2 aromatic carbocycles. The van der Waals surface area contributed by atoms with Crippen molar-refractivity contribution in [3.8, 4) is 0 Å². The van der Waals surface area contributed by atoms with E-state index < -0.39 is 6.17 Å². The van der Waals surface area contributed by atoms with Gasteiger partial charge in [-0.05, 0) is 22.6 Å². The van der Waals surface area contributed by atoms with E-state index in [1.807, 2.05) is 18.2 Å². The zero-order valence-corrected chi connectivity index (χ0v) is 20.5. The summed E-state index contributed by atoms with van der Waals surface area (Å²) in [6.07, 6.45) is 3.52. The third-order valence-electron chi connectivity index (χ3n) is 6.58. The molecular formula is C28H35FN4O2. The van der Waals surface area contributed by atoms with Crippen LogP contribution in [-0.2, 0) is 16.0 Å². The summed E-state index contributed by atoms with van der Waals surface area (Å²) in [5.74, 6) is 1.18. The van der Waals surface area contributed by atoms with Crippen LogP contribution in [0.25, 0.3) is 0 Å². The van der Waals surface area contributed by atoms with E-state index in [2.05, 4.69) is 65.5 Å². The fourth-order valence-corrected chi connectivity index (χ4v) is 4.61. The fourth-order valence-electron chi connectivity index (χ4n) is 4.61. The molecule has 1 saturated heterocycles. The third kappa shape index (κ3) is 6.77. The number of H-pyrrole nitrogens is 1. The maximum Gasteiger partial charge on any atom is 0.223 e. The van der Waals surface area contributed by atoms with Crippen molar-refractivity contribution < 1.29 is 13.9 Å². The first-order valence-electron chi connectivity index (χ1n) is 12.4. The molecule has 1 fully saturated rings. The number of carbonyl (C=O) groups excluding carboxylic acids is 1. The van der Waals surface area contributed by atoms with Crippen molar-refractivity contribution >= 4 is 5.91 Å². The fraction of sp³-hybridized carbons (Fsp3) is 0.429. The summed E-state index contributed by atoms with van der Waals surface area (Å²) < 4.78 is 20.1. The monoisotopic (exact) mass is 478 g/mol. The Morgan fingerprint density at radius 1 is 1.14 bits per heavy atom. The number of alkyl halides is 1. The molecule has 0 bridgehead atoms. The summed E-state index contributed by atoms with van der Waals surface area (Å²) in [5, 5.41) is 3.49. The van der Waals surface area contributed by atoms with E-state index in [0.717, 1.165) is 17.0 Å². The molecule has 1 aromatic heterocycles. The van der Waals surface area contributed by atoms with Crippen molar-refractivity contribution in [1.29, 1.82) is 0 Å². The van der Waals surface area contributed by atoms with E-state index in [4.69, 9.17) is 4.74 Å². The van der Waals surface area contributed by atoms with Crippen LogP contribution in [0.15, 0.2) is 67.0 Å². The van der Waals surface area contributed by atoms with Crippen LogP contribution in [-0.4, -0.2) is 52.9 Å². The molecule has 4 rings (SSSR count). The lowest BCUT2D eigenvalue weighted by Gasteiger charge is -2.25. The van der Waals surface area contributed by atoms with Gasteiger partial charge < -0.3 is 14.6 Å². The summed E-state index contributed by atoms with van der Waals surface area (Å²) in [6, 6.07) is 18.6. The maximum atomic E-state index is 14.2. The second-order valence-electron chi connectivity index (χ2n) is 9.45. The number of imidazole rings is 1. The highest BCUT2D eigenvalue weighted by atomic mass is 19.1. The molecule has 7 heteroatoms. The third-order valence-corrected chi connectivity index (χ3v) is 6.58. The molecular weight excluding hydrogens is 443 g/mol. The lowest BCUT2D eigenvalue weighted by atomic mass is 9.95. The number of benzene rings is 2. The summed E-state index contributed by atoms with van der Waals surface area (Å²) in [4.78, 5) is 21.5. The molecule has 3 atom stereocenters. The predicted molar refractivity (Wildman–Crippen MR) is 135 cm³/mol. The highest BCUT2D eigenvalue weighted by molar-refractivity contribution is 5.77. The molecule has 2 N–H and O–H groups in total. The minimum absolute atomic E-state index is 0.0269. The summed E-state index contributed by atoms with van der Waals surface area (Å²) in [6.45, 7) is 5.10. The van der Waals surface area contributed by atoms with Crippen molar-refractivity contribution in [3.63, 3.8) is 0 Å². The largest absolute Gasteiger partial charge is 0.364 e. The molecule has 0 saturated carbocycles. The Kier molecular flexibility index (Phi) is 8.66. The number of aryl methyl sites for hydroxylation is 1. The average molecular weight is 479 g/mol. The van der Waals surface area contributed by atoms with Crippen LogP contribution in [0.2, 0.25) is 0 Å². The van der Waals surface area contributed by atoms with Crippen LogP contribution in [0.3, 0.4) is 0 Å². The zero-order valence-electron chi connectivity index (χ0n) is 20.5. The Morgan fingerprint density at radius 2 is 1.86 bits per heavy atom. The molecule has 0 radical (unpaired) electrons. The number of nitrogens with zero attached hydrogens (tertiary/aromatic N) is 2. The first-order valence-corrected chi connectivity index (χ1v) is 12.4. The molecule has 0 unspecified atom stereocenters. The number of carbonyl (C=O) groups is 1. The van der Waals surface area contributed by atoms with Gasteiger partial charge in [0.25, 0.3) is 0 Å². The van der Waals surface area contributed by atoms with Crippen LogP contribution >= 0.6 is 0 Å². The van der Waals surface area contributed by atoms with Crippen LogP contribution in [0.4, 0.5) is 4.39 Å². The van der Waals surface area contributed by atoms with Crippen LogP contribution in [0.1, 0.15) is 61.2 Å². The van der Waals surface area contributed by atoms with Gasteiger partial charge in [-0.15, -0.1) is 0 Å². The quantitative estimate of drug-likeness (QED) is 0.308. The molecule has 6 nitrogen and oxygen atoms in total. The van der Waals surface area contributed by atoms with Crippen molar-refractivity contribution in [2.24, 2.45) is 0 Å².